The molecule has 33 heavy (non-hydrogen) atoms. The van der Waals surface area contributed by atoms with Crippen LogP contribution in [0.5, 0.6) is 17.2 Å². The van der Waals surface area contributed by atoms with Gasteiger partial charge < -0.3 is 14.2 Å². The molecule has 0 atom stereocenters. The molecule has 0 bridgehead atoms. The van der Waals surface area contributed by atoms with Gasteiger partial charge in [-0.1, -0.05) is 41.5 Å². The summed E-state index contributed by atoms with van der Waals surface area (Å²) in [5, 5.41) is 0.926. The fraction of sp³-hybridized carbons (Fsp3) is 0.400. The fourth-order valence-corrected chi connectivity index (χ4v) is 3.29. The van der Waals surface area contributed by atoms with Crippen LogP contribution in [0.2, 0.25) is 6.32 Å². The molecule has 0 saturated heterocycles. The Kier molecular flexibility index (Phi) is 12.3. The van der Waals surface area contributed by atoms with Crippen molar-refractivity contribution in [1.29, 1.82) is 0 Å². The van der Waals surface area contributed by atoms with Crippen LogP contribution in [0.25, 0.3) is 0 Å². The van der Waals surface area contributed by atoms with E-state index in [0.717, 1.165) is 43.9 Å². The highest BCUT2D eigenvalue weighted by Gasteiger charge is 2.11. The predicted octanol–water partition coefficient (Wildman–Crippen LogP) is 5.82. The lowest BCUT2D eigenvalue weighted by atomic mass is 9.99. The molecule has 174 valence electrons. The highest BCUT2D eigenvalue weighted by molar-refractivity contribution is 9.09. The lowest BCUT2D eigenvalue weighted by molar-refractivity contribution is -0.135. The minimum absolute atomic E-state index is 0.286. The second-order valence-electron chi connectivity index (χ2n) is 7.43. The number of rotatable bonds is 14. The number of ether oxygens (including phenoxy) is 3. The van der Waals surface area contributed by atoms with Gasteiger partial charge in [0.2, 0.25) is 0 Å². The smallest absolute Gasteiger partial charge is 0.343 e. The van der Waals surface area contributed by atoms with E-state index in [0.29, 0.717) is 42.0 Å². The maximum absolute atomic E-state index is 12.4. The van der Waals surface area contributed by atoms with Gasteiger partial charge in [0.1, 0.15) is 17.2 Å². The average Bonchev–Trinajstić information content (AvgIpc) is 2.81. The number of alkyl halides is 1. The zero-order valence-corrected chi connectivity index (χ0v) is 20.2. The highest BCUT2D eigenvalue weighted by atomic mass is 79.9. The van der Waals surface area contributed by atoms with Crippen LogP contribution in [-0.4, -0.2) is 31.1 Å². The maximum Gasteiger partial charge on any atom is 0.343 e. The largest absolute Gasteiger partial charge is 0.427 e. The summed E-state index contributed by atoms with van der Waals surface area (Å²) in [6.45, 7) is 0. The summed E-state index contributed by atoms with van der Waals surface area (Å²) in [5.74, 6) is -0.0627. The van der Waals surface area contributed by atoms with E-state index in [1.54, 1.807) is 36.4 Å². The van der Waals surface area contributed by atoms with Crippen LogP contribution >= 0.6 is 15.9 Å². The molecule has 0 spiro atoms. The Bertz CT molecular complexity index is 883. The molecular formula is C25H28BBrO6. The van der Waals surface area contributed by atoms with Gasteiger partial charge >= 0.3 is 17.9 Å². The van der Waals surface area contributed by atoms with Crippen LogP contribution in [0, 0.1) is 0 Å². The molecule has 0 amide bonds. The standard InChI is InChI=1S/C25H28BBrO6/c26-17-5-1-3-7-23(28)31-20-11-9-19(10-12-20)25(30)33-22-15-13-21(14-16-22)32-24(29)8-4-2-6-18-27/h9-16H,1-8,17-18H2. The van der Waals surface area contributed by atoms with Crippen molar-refractivity contribution < 1.29 is 28.6 Å². The quantitative estimate of drug-likeness (QED) is 0.104. The zero-order valence-electron chi connectivity index (χ0n) is 18.6. The number of unbranched alkanes of at least 4 members (excludes halogenated alkanes) is 4. The Morgan fingerprint density at radius 1 is 0.636 bits per heavy atom. The molecule has 2 aromatic rings. The van der Waals surface area contributed by atoms with Crippen LogP contribution in [-0.2, 0) is 9.59 Å². The van der Waals surface area contributed by atoms with Crippen molar-refractivity contribution >= 4 is 41.7 Å². The monoisotopic (exact) mass is 514 g/mol. The Morgan fingerprint density at radius 2 is 1.09 bits per heavy atom. The van der Waals surface area contributed by atoms with Gasteiger partial charge in [-0.2, -0.15) is 0 Å². The van der Waals surface area contributed by atoms with Crippen LogP contribution in [0.1, 0.15) is 61.7 Å². The van der Waals surface area contributed by atoms with E-state index in [1.165, 1.54) is 12.1 Å². The van der Waals surface area contributed by atoms with Crippen molar-refractivity contribution in [2.45, 2.75) is 57.7 Å². The van der Waals surface area contributed by atoms with Gasteiger partial charge in [-0.15, -0.1) is 0 Å². The first-order chi connectivity index (χ1) is 16.0. The first-order valence-corrected chi connectivity index (χ1v) is 12.2. The summed E-state index contributed by atoms with van der Waals surface area (Å²) in [6.07, 6.45) is 6.58. The molecule has 0 aliphatic rings. The number of carbonyl (C=O) groups is 3. The van der Waals surface area contributed by atoms with Gasteiger partial charge in [0, 0.05) is 18.2 Å². The summed E-state index contributed by atoms with van der Waals surface area (Å²) in [5.41, 5.74) is 0.316. The number of hydrogen-bond donors (Lipinski definition) is 0. The maximum atomic E-state index is 12.4. The van der Waals surface area contributed by atoms with Crippen molar-refractivity contribution in [2.75, 3.05) is 5.33 Å². The molecule has 8 heteroatoms. The summed E-state index contributed by atoms with van der Waals surface area (Å²) < 4.78 is 15.9. The first kappa shape index (κ1) is 26.6. The van der Waals surface area contributed by atoms with Crippen molar-refractivity contribution in [3.8, 4) is 17.2 Å². The van der Waals surface area contributed by atoms with Crippen molar-refractivity contribution in [3.05, 3.63) is 54.1 Å². The fourth-order valence-electron chi connectivity index (χ4n) is 2.90. The molecule has 0 fully saturated rings. The van der Waals surface area contributed by atoms with E-state index in [-0.39, 0.29) is 11.9 Å². The third-order valence-electron chi connectivity index (χ3n) is 4.69. The summed E-state index contributed by atoms with van der Waals surface area (Å²) in [4.78, 5) is 36.0. The van der Waals surface area contributed by atoms with Gasteiger partial charge in [-0.3, -0.25) is 9.59 Å². The molecule has 0 N–H and O–H groups in total. The Balaban J connectivity index is 1.78. The summed E-state index contributed by atoms with van der Waals surface area (Å²) >= 11 is 3.36. The van der Waals surface area contributed by atoms with Gasteiger partial charge in [-0.25, -0.2) is 4.79 Å². The van der Waals surface area contributed by atoms with E-state index in [4.69, 9.17) is 22.1 Å². The molecule has 2 aromatic carbocycles. The highest BCUT2D eigenvalue weighted by Crippen LogP contribution is 2.20. The van der Waals surface area contributed by atoms with E-state index in [9.17, 15) is 14.4 Å². The third kappa shape index (κ3) is 10.7. The number of carbonyl (C=O) groups excluding carboxylic acids is 3. The predicted molar refractivity (Wildman–Crippen MR) is 130 cm³/mol. The molecule has 0 aromatic heterocycles. The molecule has 0 unspecified atom stereocenters. The minimum atomic E-state index is -0.550. The van der Waals surface area contributed by atoms with E-state index in [1.807, 2.05) is 0 Å². The van der Waals surface area contributed by atoms with E-state index < -0.39 is 5.97 Å². The van der Waals surface area contributed by atoms with Crippen molar-refractivity contribution in [2.24, 2.45) is 0 Å². The van der Waals surface area contributed by atoms with Gasteiger partial charge in [0.15, 0.2) is 0 Å². The molecule has 0 aliphatic carbocycles. The SMILES string of the molecule is [B]CCCCCC(=O)Oc1ccc(C(=O)Oc2ccc(OC(=O)CCCCCBr)cc2)cc1. The van der Waals surface area contributed by atoms with Crippen LogP contribution < -0.4 is 14.2 Å². The number of esters is 3. The van der Waals surface area contributed by atoms with Gasteiger partial charge in [0.25, 0.3) is 0 Å². The Morgan fingerprint density at radius 3 is 1.58 bits per heavy atom. The minimum Gasteiger partial charge on any atom is -0.427 e. The molecule has 2 radical (unpaired) electrons. The van der Waals surface area contributed by atoms with E-state index in [2.05, 4.69) is 15.9 Å². The summed E-state index contributed by atoms with van der Waals surface area (Å²) in [7, 11) is 5.43. The van der Waals surface area contributed by atoms with E-state index >= 15 is 0 Å². The number of halogens is 1. The van der Waals surface area contributed by atoms with Crippen molar-refractivity contribution in [3.63, 3.8) is 0 Å². The second kappa shape index (κ2) is 15.3. The van der Waals surface area contributed by atoms with Crippen LogP contribution in [0.4, 0.5) is 0 Å². The number of hydrogen-bond acceptors (Lipinski definition) is 6. The molecule has 6 nitrogen and oxygen atoms in total. The molecule has 2 rings (SSSR count). The normalized spacial score (nSPS) is 10.5. The van der Waals surface area contributed by atoms with Crippen molar-refractivity contribution in [1.82, 2.24) is 0 Å². The lowest BCUT2D eigenvalue weighted by Gasteiger charge is -2.08. The zero-order chi connectivity index (χ0) is 23.9. The van der Waals surface area contributed by atoms with Crippen LogP contribution in [0.3, 0.4) is 0 Å². The van der Waals surface area contributed by atoms with Gasteiger partial charge in [0.05, 0.1) is 13.4 Å². The van der Waals surface area contributed by atoms with Gasteiger partial charge in [-0.05, 0) is 67.8 Å². The van der Waals surface area contributed by atoms with Crippen LogP contribution in [0.15, 0.2) is 48.5 Å². The topological polar surface area (TPSA) is 78.9 Å². The third-order valence-corrected chi connectivity index (χ3v) is 5.25. The molecule has 0 aliphatic heterocycles. The first-order valence-electron chi connectivity index (χ1n) is 11.1. The number of benzene rings is 2. The average molecular weight is 515 g/mol. The Labute approximate surface area is 204 Å². The summed E-state index contributed by atoms with van der Waals surface area (Å²) in [6, 6.07) is 12.4. The molecular weight excluding hydrogens is 487 g/mol. The lowest BCUT2D eigenvalue weighted by Crippen LogP contribution is -2.10. The Hall–Kier alpha value is -2.61. The molecule has 0 heterocycles. The molecule has 0 saturated carbocycles. The second-order valence-corrected chi connectivity index (χ2v) is 8.23.